The fourth-order valence-electron chi connectivity index (χ4n) is 4.03. The predicted octanol–water partition coefficient (Wildman–Crippen LogP) is 2.44. The standard InChI is InChI=1S/C23H24N4O5S/c1-26-10-4-11-27(23-22(26)24-17-5-2-3-6-18(17)25-23)21(28)9-14-33(29,30)16-7-8-19-20(15-16)32-13-12-31-19/h2-3,5-8,15H,4,9-14H2,1H3. The van der Waals surface area contributed by atoms with Crippen LogP contribution in [0.5, 0.6) is 11.5 Å². The molecule has 1 aromatic heterocycles. The van der Waals surface area contributed by atoms with Crippen molar-refractivity contribution in [1.82, 2.24) is 9.97 Å². The minimum absolute atomic E-state index is 0.112. The fourth-order valence-corrected chi connectivity index (χ4v) is 5.27. The van der Waals surface area contributed by atoms with Crippen molar-refractivity contribution in [2.75, 3.05) is 48.9 Å². The molecule has 0 aliphatic carbocycles. The first-order valence-electron chi connectivity index (χ1n) is 10.8. The van der Waals surface area contributed by atoms with Gasteiger partial charge in [0.1, 0.15) is 13.2 Å². The normalized spacial score (nSPS) is 15.8. The fraction of sp³-hybridized carbons (Fsp3) is 0.348. The highest BCUT2D eigenvalue weighted by Crippen LogP contribution is 2.33. The summed E-state index contributed by atoms with van der Waals surface area (Å²) in [6.45, 7) is 1.97. The minimum Gasteiger partial charge on any atom is -0.486 e. The molecule has 1 amide bonds. The molecule has 0 saturated heterocycles. The summed E-state index contributed by atoms with van der Waals surface area (Å²) in [6, 6.07) is 12.0. The van der Waals surface area contributed by atoms with Gasteiger partial charge in [0.05, 0.1) is 21.7 Å². The van der Waals surface area contributed by atoms with E-state index in [4.69, 9.17) is 19.4 Å². The number of para-hydroxylation sites is 2. The second-order valence-electron chi connectivity index (χ2n) is 8.05. The molecule has 33 heavy (non-hydrogen) atoms. The van der Waals surface area contributed by atoms with Crippen LogP contribution in [0.4, 0.5) is 11.6 Å². The van der Waals surface area contributed by atoms with Crippen LogP contribution in [0.15, 0.2) is 47.4 Å². The summed E-state index contributed by atoms with van der Waals surface area (Å²) in [7, 11) is -1.77. The van der Waals surface area contributed by atoms with Crippen molar-refractivity contribution < 1.29 is 22.7 Å². The molecule has 0 radical (unpaired) electrons. The second-order valence-corrected chi connectivity index (χ2v) is 10.2. The number of amides is 1. The van der Waals surface area contributed by atoms with Gasteiger partial charge in [0.25, 0.3) is 0 Å². The molecule has 2 aromatic carbocycles. The van der Waals surface area contributed by atoms with Gasteiger partial charge in [-0.05, 0) is 30.7 Å². The number of carbonyl (C=O) groups excluding carboxylic acids is 1. The van der Waals surface area contributed by atoms with E-state index in [9.17, 15) is 13.2 Å². The van der Waals surface area contributed by atoms with Crippen molar-refractivity contribution in [3.05, 3.63) is 42.5 Å². The van der Waals surface area contributed by atoms with E-state index in [0.717, 1.165) is 18.5 Å². The lowest BCUT2D eigenvalue weighted by Gasteiger charge is -2.23. The van der Waals surface area contributed by atoms with E-state index < -0.39 is 9.84 Å². The van der Waals surface area contributed by atoms with Crippen LogP contribution >= 0.6 is 0 Å². The molecule has 0 unspecified atom stereocenters. The second kappa shape index (κ2) is 8.51. The summed E-state index contributed by atoms with van der Waals surface area (Å²) >= 11 is 0. The summed E-state index contributed by atoms with van der Waals surface area (Å²) < 4.78 is 36.8. The summed E-state index contributed by atoms with van der Waals surface area (Å²) in [5.41, 5.74) is 1.44. The molecule has 0 N–H and O–H groups in total. The molecule has 3 aromatic rings. The maximum absolute atomic E-state index is 13.2. The first kappa shape index (κ1) is 21.4. The summed E-state index contributed by atoms with van der Waals surface area (Å²) in [5, 5.41) is 0. The highest BCUT2D eigenvalue weighted by molar-refractivity contribution is 7.91. The van der Waals surface area contributed by atoms with Gasteiger partial charge in [-0.2, -0.15) is 0 Å². The largest absolute Gasteiger partial charge is 0.486 e. The predicted molar refractivity (Wildman–Crippen MR) is 124 cm³/mol. The number of aromatic nitrogens is 2. The third-order valence-corrected chi connectivity index (χ3v) is 7.50. The number of carbonyl (C=O) groups is 1. The van der Waals surface area contributed by atoms with Gasteiger partial charge < -0.3 is 14.4 Å². The Morgan fingerprint density at radius 1 is 0.970 bits per heavy atom. The monoisotopic (exact) mass is 468 g/mol. The van der Waals surface area contributed by atoms with E-state index in [2.05, 4.69) is 0 Å². The van der Waals surface area contributed by atoms with Gasteiger partial charge in [0, 0.05) is 32.6 Å². The third-order valence-electron chi connectivity index (χ3n) is 5.79. The SMILES string of the molecule is CN1CCCN(C(=O)CCS(=O)(=O)c2ccc3c(c2)OCCO3)c2nc3ccccc3nc21. The van der Waals surface area contributed by atoms with E-state index in [0.29, 0.717) is 48.4 Å². The first-order chi connectivity index (χ1) is 15.9. The molecule has 0 spiro atoms. The van der Waals surface area contributed by atoms with Crippen LogP contribution in [0.1, 0.15) is 12.8 Å². The molecule has 0 saturated carbocycles. The molecular formula is C23H24N4O5S. The van der Waals surface area contributed by atoms with Gasteiger partial charge >= 0.3 is 0 Å². The van der Waals surface area contributed by atoms with E-state index in [1.54, 1.807) is 11.0 Å². The smallest absolute Gasteiger partial charge is 0.229 e. The topological polar surface area (TPSA) is 102 Å². The van der Waals surface area contributed by atoms with Gasteiger partial charge in [-0.1, -0.05) is 12.1 Å². The van der Waals surface area contributed by atoms with E-state index in [-0.39, 0.29) is 23.0 Å². The number of anilines is 2. The quantitative estimate of drug-likeness (QED) is 0.575. The Bertz CT molecular complexity index is 1330. The molecule has 0 fully saturated rings. The molecule has 3 heterocycles. The Morgan fingerprint density at radius 3 is 2.42 bits per heavy atom. The molecule has 10 heteroatoms. The van der Waals surface area contributed by atoms with Crippen LogP contribution in [0.25, 0.3) is 11.0 Å². The zero-order chi connectivity index (χ0) is 23.0. The zero-order valence-electron chi connectivity index (χ0n) is 18.2. The van der Waals surface area contributed by atoms with Crippen LogP contribution in [-0.4, -0.2) is 63.4 Å². The lowest BCUT2D eigenvalue weighted by atomic mass is 10.3. The van der Waals surface area contributed by atoms with Crippen molar-refractivity contribution >= 4 is 38.4 Å². The number of benzene rings is 2. The third kappa shape index (κ3) is 4.18. The molecule has 5 rings (SSSR count). The number of hydrogen-bond acceptors (Lipinski definition) is 8. The molecule has 0 bridgehead atoms. The molecule has 2 aliphatic heterocycles. The molecule has 9 nitrogen and oxygen atoms in total. The summed E-state index contributed by atoms with van der Waals surface area (Å²) in [5.74, 6) is 1.41. The first-order valence-corrected chi connectivity index (χ1v) is 12.5. The Kier molecular flexibility index (Phi) is 5.53. The lowest BCUT2D eigenvalue weighted by Crippen LogP contribution is -2.33. The lowest BCUT2D eigenvalue weighted by molar-refractivity contribution is -0.118. The van der Waals surface area contributed by atoms with Crippen molar-refractivity contribution in [2.24, 2.45) is 0 Å². The van der Waals surface area contributed by atoms with Crippen LogP contribution in [-0.2, 0) is 14.6 Å². The average Bonchev–Trinajstić information content (AvgIpc) is 2.99. The number of ether oxygens (including phenoxy) is 2. The maximum atomic E-state index is 13.2. The van der Waals surface area contributed by atoms with Crippen molar-refractivity contribution in [2.45, 2.75) is 17.7 Å². The number of rotatable bonds is 4. The number of hydrogen-bond donors (Lipinski definition) is 0. The molecule has 0 atom stereocenters. The highest BCUT2D eigenvalue weighted by atomic mass is 32.2. The van der Waals surface area contributed by atoms with Crippen LogP contribution in [0.3, 0.4) is 0 Å². The number of fused-ring (bicyclic) bond motifs is 3. The molecule has 172 valence electrons. The Hall–Kier alpha value is -3.40. The summed E-state index contributed by atoms with van der Waals surface area (Å²) in [6.07, 6.45) is 0.569. The zero-order valence-corrected chi connectivity index (χ0v) is 19.0. The minimum atomic E-state index is -3.69. The van der Waals surface area contributed by atoms with Crippen molar-refractivity contribution in [3.63, 3.8) is 0 Å². The van der Waals surface area contributed by atoms with Gasteiger partial charge in [0.15, 0.2) is 33.0 Å². The Morgan fingerprint density at radius 2 is 1.67 bits per heavy atom. The van der Waals surface area contributed by atoms with E-state index in [1.165, 1.54) is 12.1 Å². The van der Waals surface area contributed by atoms with Gasteiger partial charge in [0.2, 0.25) is 5.91 Å². The Balaban J connectivity index is 1.39. The number of nitrogens with zero attached hydrogens (tertiary/aromatic N) is 4. The van der Waals surface area contributed by atoms with Crippen LogP contribution in [0.2, 0.25) is 0 Å². The maximum Gasteiger partial charge on any atom is 0.229 e. The van der Waals surface area contributed by atoms with E-state index >= 15 is 0 Å². The van der Waals surface area contributed by atoms with Crippen LogP contribution < -0.4 is 19.3 Å². The van der Waals surface area contributed by atoms with Gasteiger partial charge in [-0.3, -0.25) is 9.69 Å². The van der Waals surface area contributed by atoms with Crippen LogP contribution in [0, 0.1) is 0 Å². The van der Waals surface area contributed by atoms with Crippen molar-refractivity contribution in [3.8, 4) is 11.5 Å². The Labute approximate surface area is 191 Å². The van der Waals surface area contributed by atoms with Gasteiger partial charge in [-0.15, -0.1) is 0 Å². The highest BCUT2D eigenvalue weighted by Gasteiger charge is 2.28. The average molecular weight is 469 g/mol. The molecule has 2 aliphatic rings. The van der Waals surface area contributed by atoms with E-state index in [1.807, 2.05) is 36.2 Å². The number of sulfone groups is 1. The van der Waals surface area contributed by atoms with Crippen molar-refractivity contribution in [1.29, 1.82) is 0 Å². The summed E-state index contributed by atoms with van der Waals surface area (Å²) in [4.78, 5) is 26.3. The molecular weight excluding hydrogens is 444 g/mol. The van der Waals surface area contributed by atoms with Gasteiger partial charge in [-0.25, -0.2) is 18.4 Å².